The van der Waals surface area contributed by atoms with Gasteiger partial charge < -0.3 is 10.1 Å². The number of carbonyl (C=O) groups is 2. The molecule has 0 bridgehead atoms. The summed E-state index contributed by atoms with van der Waals surface area (Å²) < 4.78 is 4.83. The van der Waals surface area contributed by atoms with E-state index in [4.69, 9.17) is 4.74 Å². The van der Waals surface area contributed by atoms with E-state index in [0.717, 1.165) is 6.42 Å². The SMILES string of the molecule is CCCNC(=O)C(C)N(C)CCC(=O)OCC. The molecular formula is C12H24N2O3. The average molecular weight is 244 g/mol. The number of esters is 1. The number of carbonyl (C=O) groups excluding carboxylic acids is 2. The van der Waals surface area contributed by atoms with Crippen molar-refractivity contribution in [1.29, 1.82) is 0 Å². The number of hydrogen-bond donors (Lipinski definition) is 1. The van der Waals surface area contributed by atoms with E-state index in [1.54, 1.807) is 6.92 Å². The Balaban J connectivity index is 3.91. The van der Waals surface area contributed by atoms with Crippen LogP contribution in [-0.4, -0.2) is 49.6 Å². The Morgan fingerprint density at radius 2 is 2.00 bits per heavy atom. The predicted molar refractivity (Wildman–Crippen MR) is 66.6 cm³/mol. The van der Waals surface area contributed by atoms with Gasteiger partial charge in [0, 0.05) is 13.1 Å². The van der Waals surface area contributed by atoms with Gasteiger partial charge in [0.15, 0.2) is 0 Å². The summed E-state index contributed by atoms with van der Waals surface area (Å²) in [6.45, 7) is 7.23. The number of ether oxygens (including phenoxy) is 1. The third kappa shape index (κ3) is 6.94. The summed E-state index contributed by atoms with van der Waals surface area (Å²) in [5.41, 5.74) is 0. The molecule has 5 heteroatoms. The van der Waals surface area contributed by atoms with Crippen molar-refractivity contribution in [1.82, 2.24) is 10.2 Å². The summed E-state index contributed by atoms with van der Waals surface area (Å²) in [6.07, 6.45) is 1.24. The van der Waals surface area contributed by atoms with Gasteiger partial charge in [0.2, 0.25) is 5.91 Å². The van der Waals surface area contributed by atoms with Crippen molar-refractivity contribution in [3.05, 3.63) is 0 Å². The second kappa shape index (κ2) is 8.98. The molecule has 0 aliphatic carbocycles. The van der Waals surface area contributed by atoms with Crippen LogP contribution in [0.5, 0.6) is 0 Å². The molecule has 100 valence electrons. The van der Waals surface area contributed by atoms with Gasteiger partial charge in [0.25, 0.3) is 0 Å². The number of nitrogens with one attached hydrogen (secondary N) is 1. The second-order valence-corrected chi connectivity index (χ2v) is 4.00. The predicted octanol–water partition coefficient (Wildman–Crippen LogP) is 0.786. The summed E-state index contributed by atoms with van der Waals surface area (Å²) in [7, 11) is 1.83. The van der Waals surface area contributed by atoms with Gasteiger partial charge >= 0.3 is 5.97 Å². The van der Waals surface area contributed by atoms with E-state index in [1.165, 1.54) is 0 Å². The monoisotopic (exact) mass is 244 g/mol. The summed E-state index contributed by atoms with van der Waals surface area (Å²) in [4.78, 5) is 24.7. The Morgan fingerprint density at radius 1 is 1.35 bits per heavy atom. The van der Waals surface area contributed by atoms with Crippen molar-refractivity contribution in [3.8, 4) is 0 Å². The number of nitrogens with zero attached hydrogens (tertiary/aromatic N) is 1. The van der Waals surface area contributed by atoms with Crippen LogP contribution in [0, 0.1) is 0 Å². The lowest BCUT2D eigenvalue weighted by atomic mass is 10.2. The molecule has 0 aliphatic heterocycles. The highest BCUT2D eigenvalue weighted by Gasteiger charge is 2.17. The quantitative estimate of drug-likeness (QED) is 0.641. The summed E-state index contributed by atoms with van der Waals surface area (Å²) in [6, 6.07) is -0.226. The molecule has 0 aliphatic rings. The summed E-state index contributed by atoms with van der Waals surface area (Å²) >= 11 is 0. The van der Waals surface area contributed by atoms with Crippen LogP contribution >= 0.6 is 0 Å². The summed E-state index contributed by atoms with van der Waals surface area (Å²) in [5, 5.41) is 2.83. The molecule has 1 N–H and O–H groups in total. The van der Waals surface area contributed by atoms with Gasteiger partial charge in [-0.15, -0.1) is 0 Å². The van der Waals surface area contributed by atoms with Gasteiger partial charge in [0.05, 0.1) is 19.1 Å². The molecule has 0 rings (SSSR count). The van der Waals surface area contributed by atoms with E-state index in [2.05, 4.69) is 5.32 Å². The molecule has 0 aromatic carbocycles. The van der Waals surface area contributed by atoms with E-state index >= 15 is 0 Å². The van der Waals surface area contributed by atoms with Crippen LogP contribution in [0.2, 0.25) is 0 Å². The fourth-order valence-electron chi connectivity index (χ4n) is 1.29. The van der Waals surface area contributed by atoms with Crippen LogP contribution in [0.15, 0.2) is 0 Å². The molecule has 0 saturated carbocycles. The first-order chi connectivity index (χ1) is 8.02. The van der Waals surface area contributed by atoms with E-state index in [0.29, 0.717) is 26.1 Å². The molecule has 0 aromatic rings. The number of likely N-dealkylation sites (N-methyl/N-ethyl adjacent to an activating group) is 1. The topological polar surface area (TPSA) is 58.6 Å². The number of hydrogen-bond acceptors (Lipinski definition) is 4. The maximum absolute atomic E-state index is 11.6. The first-order valence-electron chi connectivity index (χ1n) is 6.16. The van der Waals surface area contributed by atoms with Crippen molar-refractivity contribution in [3.63, 3.8) is 0 Å². The van der Waals surface area contributed by atoms with Gasteiger partial charge in [-0.2, -0.15) is 0 Å². The van der Waals surface area contributed by atoms with E-state index in [-0.39, 0.29) is 17.9 Å². The van der Waals surface area contributed by atoms with E-state index < -0.39 is 0 Å². The normalized spacial score (nSPS) is 12.3. The van der Waals surface area contributed by atoms with Crippen LogP contribution in [0.25, 0.3) is 0 Å². The Hall–Kier alpha value is -1.10. The molecule has 0 radical (unpaired) electrons. The van der Waals surface area contributed by atoms with Crippen LogP contribution < -0.4 is 5.32 Å². The maximum Gasteiger partial charge on any atom is 0.307 e. The third-order valence-corrected chi connectivity index (χ3v) is 2.56. The third-order valence-electron chi connectivity index (χ3n) is 2.56. The lowest BCUT2D eigenvalue weighted by molar-refractivity contribution is -0.143. The van der Waals surface area contributed by atoms with Crippen molar-refractivity contribution in [2.24, 2.45) is 0 Å². The molecule has 0 saturated heterocycles. The van der Waals surface area contributed by atoms with Gasteiger partial charge in [-0.25, -0.2) is 0 Å². The average Bonchev–Trinajstić information content (AvgIpc) is 2.32. The zero-order chi connectivity index (χ0) is 13.3. The molecule has 0 heterocycles. The highest BCUT2D eigenvalue weighted by Crippen LogP contribution is 1.98. The van der Waals surface area contributed by atoms with Crippen molar-refractivity contribution in [2.75, 3.05) is 26.7 Å². The minimum Gasteiger partial charge on any atom is -0.466 e. The first kappa shape index (κ1) is 15.9. The highest BCUT2D eigenvalue weighted by molar-refractivity contribution is 5.81. The van der Waals surface area contributed by atoms with Crippen LogP contribution in [0.4, 0.5) is 0 Å². The Bertz CT molecular complexity index is 244. The smallest absolute Gasteiger partial charge is 0.307 e. The second-order valence-electron chi connectivity index (χ2n) is 4.00. The van der Waals surface area contributed by atoms with Crippen molar-refractivity contribution in [2.45, 2.75) is 39.7 Å². The minimum atomic E-state index is -0.226. The molecule has 5 nitrogen and oxygen atoms in total. The lowest BCUT2D eigenvalue weighted by Crippen LogP contribution is -2.44. The van der Waals surface area contributed by atoms with Gasteiger partial charge in [-0.3, -0.25) is 14.5 Å². The molecule has 0 aromatic heterocycles. The van der Waals surface area contributed by atoms with E-state index in [9.17, 15) is 9.59 Å². The largest absolute Gasteiger partial charge is 0.466 e. The zero-order valence-electron chi connectivity index (χ0n) is 11.3. The molecule has 1 atom stereocenters. The number of amides is 1. The summed E-state index contributed by atoms with van der Waals surface area (Å²) in [5.74, 6) is -0.223. The molecule has 0 fully saturated rings. The van der Waals surface area contributed by atoms with Gasteiger partial charge in [-0.1, -0.05) is 6.92 Å². The lowest BCUT2D eigenvalue weighted by Gasteiger charge is -2.23. The molecule has 1 amide bonds. The number of rotatable bonds is 8. The molecule has 17 heavy (non-hydrogen) atoms. The highest BCUT2D eigenvalue weighted by atomic mass is 16.5. The maximum atomic E-state index is 11.6. The molecule has 1 unspecified atom stereocenters. The van der Waals surface area contributed by atoms with Crippen LogP contribution in [0.3, 0.4) is 0 Å². The van der Waals surface area contributed by atoms with Gasteiger partial charge in [0.1, 0.15) is 0 Å². The minimum absolute atomic E-state index is 0.00166. The Labute approximate surface area is 103 Å². The molecular weight excluding hydrogens is 220 g/mol. The van der Waals surface area contributed by atoms with Crippen LogP contribution in [0.1, 0.15) is 33.6 Å². The fourth-order valence-corrected chi connectivity index (χ4v) is 1.29. The van der Waals surface area contributed by atoms with Crippen LogP contribution in [-0.2, 0) is 14.3 Å². The standard InChI is InChI=1S/C12H24N2O3/c1-5-8-13-12(16)10(3)14(4)9-7-11(15)17-6-2/h10H,5-9H2,1-4H3,(H,13,16). The molecule has 0 spiro atoms. The van der Waals surface area contributed by atoms with Crippen molar-refractivity contribution >= 4 is 11.9 Å². The first-order valence-corrected chi connectivity index (χ1v) is 6.16. The van der Waals surface area contributed by atoms with Gasteiger partial charge in [-0.05, 0) is 27.3 Å². The zero-order valence-corrected chi connectivity index (χ0v) is 11.3. The Morgan fingerprint density at radius 3 is 2.53 bits per heavy atom. The van der Waals surface area contributed by atoms with Crippen molar-refractivity contribution < 1.29 is 14.3 Å². The van der Waals surface area contributed by atoms with E-state index in [1.807, 2.05) is 25.8 Å². The fraction of sp³-hybridized carbons (Fsp3) is 0.833. The Kier molecular flexibility index (Phi) is 8.40.